The number of para-hydroxylation sites is 1. The Morgan fingerprint density at radius 2 is 2.07 bits per heavy atom. The molecular formula is C12H10N2. The van der Waals surface area contributed by atoms with Crippen molar-refractivity contribution in [1.29, 1.82) is 0 Å². The molecule has 0 amide bonds. The van der Waals surface area contributed by atoms with Gasteiger partial charge >= 0.3 is 0 Å². The standard InChI is InChI=1S/C12H10N2/c1-2-4-12-10(3-1)5-6-11-7-8-13-9-14(11)12/h1-8H,9H2. The SMILES string of the molecule is C1=Cc2ccccc2N2CN=CC=C12. The van der Waals surface area contributed by atoms with Crippen LogP contribution in [0.15, 0.2) is 47.1 Å². The van der Waals surface area contributed by atoms with Crippen LogP contribution in [0.1, 0.15) is 5.56 Å². The summed E-state index contributed by atoms with van der Waals surface area (Å²) in [6.07, 6.45) is 8.18. The number of allylic oxidation sites excluding steroid dienone is 2. The van der Waals surface area contributed by atoms with Crippen molar-refractivity contribution in [3.63, 3.8) is 0 Å². The van der Waals surface area contributed by atoms with Gasteiger partial charge in [-0.15, -0.1) is 0 Å². The van der Waals surface area contributed by atoms with E-state index >= 15 is 0 Å². The molecule has 0 radical (unpaired) electrons. The normalized spacial score (nSPS) is 17.4. The average molecular weight is 182 g/mol. The van der Waals surface area contributed by atoms with Crippen molar-refractivity contribution in [2.75, 3.05) is 11.6 Å². The van der Waals surface area contributed by atoms with Gasteiger partial charge in [0.2, 0.25) is 0 Å². The van der Waals surface area contributed by atoms with Gasteiger partial charge in [0.1, 0.15) is 6.67 Å². The second-order valence-corrected chi connectivity index (χ2v) is 3.38. The Balaban J connectivity index is 2.18. The Bertz CT molecular complexity index is 455. The summed E-state index contributed by atoms with van der Waals surface area (Å²) in [5.74, 6) is 0. The van der Waals surface area contributed by atoms with Gasteiger partial charge in [-0.2, -0.15) is 0 Å². The lowest BCUT2D eigenvalue weighted by atomic mass is 10.1. The number of aliphatic imine (C=N–C) groups is 1. The molecule has 2 heteroatoms. The van der Waals surface area contributed by atoms with Gasteiger partial charge in [-0.05, 0) is 23.8 Å². The van der Waals surface area contributed by atoms with Crippen LogP contribution in [-0.4, -0.2) is 12.9 Å². The molecule has 14 heavy (non-hydrogen) atoms. The number of hydrogen-bond acceptors (Lipinski definition) is 2. The van der Waals surface area contributed by atoms with E-state index in [4.69, 9.17) is 0 Å². The Hall–Kier alpha value is -1.83. The fourth-order valence-electron chi connectivity index (χ4n) is 1.84. The van der Waals surface area contributed by atoms with Gasteiger partial charge in [-0.25, -0.2) is 0 Å². The molecular weight excluding hydrogens is 172 g/mol. The number of anilines is 1. The summed E-state index contributed by atoms with van der Waals surface area (Å²) in [6.45, 7) is 0.729. The molecule has 0 saturated heterocycles. The molecule has 0 N–H and O–H groups in total. The molecule has 0 fully saturated rings. The maximum absolute atomic E-state index is 4.25. The smallest absolute Gasteiger partial charge is 0.114 e. The van der Waals surface area contributed by atoms with Crippen LogP contribution in [-0.2, 0) is 0 Å². The Labute approximate surface area is 82.9 Å². The van der Waals surface area contributed by atoms with E-state index in [1.165, 1.54) is 16.9 Å². The minimum absolute atomic E-state index is 0.729. The van der Waals surface area contributed by atoms with Crippen LogP contribution in [0.3, 0.4) is 0 Å². The predicted octanol–water partition coefficient (Wildman–Crippen LogP) is 2.45. The molecule has 0 bridgehead atoms. The van der Waals surface area contributed by atoms with E-state index in [9.17, 15) is 0 Å². The zero-order valence-electron chi connectivity index (χ0n) is 7.72. The zero-order chi connectivity index (χ0) is 9.38. The Kier molecular flexibility index (Phi) is 1.53. The van der Waals surface area contributed by atoms with Crippen LogP contribution >= 0.6 is 0 Å². The van der Waals surface area contributed by atoms with Gasteiger partial charge in [0.25, 0.3) is 0 Å². The van der Waals surface area contributed by atoms with Crippen molar-refractivity contribution in [3.8, 4) is 0 Å². The highest BCUT2D eigenvalue weighted by atomic mass is 15.2. The van der Waals surface area contributed by atoms with E-state index in [1.807, 2.05) is 12.3 Å². The largest absolute Gasteiger partial charge is 0.321 e. The second-order valence-electron chi connectivity index (χ2n) is 3.38. The molecule has 0 spiro atoms. The molecule has 2 heterocycles. The van der Waals surface area contributed by atoms with E-state index in [0.29, 0.717) is 0 Å². The topological polar surface area (TPSA) is 15.6 Å². The third-order valence-electron chi connectivity index (χ3n) is 2.55. The summed E-state index contributed by atoms with van der Waals surface area (Å²) in [6, 6.07) is 8.38. The van der Waals surface area contributed by atoms with Gasteiger partial charge in [0.15, 0.2) is 0 Å². The highest BCUT2D eigenvalue weighted by molar-refractivity contribution is 5.83. The minimum Gasteiger partial charge on any atom is -0.321 e. The van der Waals surface area contributed by atoms with Crippen molar-refractivity contribution in [2.45, 2.75) is 0 Å². The molecule has 0 aliphatic carbocycles. The Morgan fingerprint density at radius 3 is 3.07 bits per heavy atom. The number of hydrogen-bond donors (Lipinski definition) is 0. The van der Waals surface area contributed by atoms with Crippen molar-refractivity contribution >= 4 is 18.0 Å². The van der Waals surface area contributed by atoms with Crippen molar-refractivity contribution in [2.24, 2.45) is 4.99 Å². The first-order valence-electron chi connectivity index (χ1n) is 4.70. The summed E-state index contributed by atoms with van der Waals surface area (Å²) in [5.41, 5.74) is 3.73. The van der Waals surface area contributed by atoms with E-state index in [1.54, 1.807) is 0 Å². The third-order valence-corrected chi connectivity index (χ3v) is 2.55. The maximum atomic E-state index is 4.25. The molecule has 0 aromatic heterocycles. The summed E-state index contributed by atoms with van der Waals surface area (Å²) in [7, 11) is 0. The third kappa shape index (κ3) is 1.01. The van der Waals surface area contributed by atoms with Gasteiger partial charge in [0.05, 0.1) is 5.69 Å². The second kappa shape index (κ2) is 2.84. The van der Waals surface area contributed by atoms with Gasteiger partial charge in [0, 0.05) is 11.9 Å². The molecule has 2 aliphatic heterocycles. The highest BCUT2D eigenvalue weighted by Gasteiger charge is 2.16. The van der Waals surface area contributed by atoms with E-state index < -0.39 is 0 Å². The zero-order valence-corrected chi connectivity index (χ0v) is 7.72. The van der Waals surface area contributed by atoms with Gasteiger partial charge < -0.3 is 4.90 Å². The number of nitrogens with zero attached hydrogens (tertiary/aromatic N) is 2. The van der Waals surface area contributed by atoms with E-state index in [2.05, 4.69) is 46.3 Å². The average Bonchev–Trinajstić information content (AvgIpc) is 2.29. The fraction of sp³-hybridized carbons (Fsp3) is 0.0833. The number of benzene rings is 1. The van der Waals surface area contributed by atoms with Crippen molar-refractivity contribution < 1.29 is 0 Å². The monoisotopic (exact) mass is 182 g/mol. The molecule has 3 rings (SSSR count). The molecule has 0 unspecified atom stereocenters. The molecule has 2 aliphatic rings. The molecule has 2 nitrogen and oxygen atoms in total. The number of fused-ring (bicyclic) bond motifs is 3. The van der Waals surface area contributed by atoms with Crippen LogP contribution in [0.2, 0.25) is 0 Å². The van der Waals surface area contributed by atoms with Crippen LogP contribution in [0.25, 0.3) is 6.08 Å². The fourth-order valence-corrected chi connectivity index (χ4v) is 1.84. The first kappa shape index (κ1) is 7.56. The summed E-state index contributed by atoms with van der Waals surface area (Å²) in [5, 5.41) is 0. The lowest BCUT2D eigenvalue weighted by Gasteiger charge is -2.30. The quantitative estimate of drug-likeness (QED) is 0.601. The van der Waals surface area contributed by atoms with Gasteiger partial charge in [-0.3, -0.25) is 4.99 Å². The first-order chi connectivity index (χ1) is 6.95. The highest BCUT2D eigenvalue weighted by Crippen LogP contribution is 2.30. The molecule has 0 saturated carbocycles. The summed E-state index contributed by atoms with van der Waals surface area (Å²) < 4.78 is 0. The molecule has 68 valence electrons. The minimum atomic E-state index is 0.729. The Morgan fingerprint density at radius 1 is 1.14 bits per heavy atom. The summed E-state index contributed by atoms with van der Waals surface area (Å²) in [4.78, 5) is 6.47. The molecule has 1 aromatic rings. The van der Waals surface area contributed by atoms with Crippen LogP contribution < -0.4 is 4.90 Å². The predicted molar refractivity (Wildman–Crippen MR) is 59.4 cm³/mol. The number of rotatable bonds is 0. The lowest BCUT2D eigenvalue weighted by Crippen LogP contribution is -2.26. The maximum Gasteiger partial charge on any atom is 0.114 e. The van der Waals surface area contributed by atoms with Crippen molar-refractivity contribution in [3.05, 3.63) is 47.7 Å². The van der Waals surface area contributed by atoms with Crippen LogP contribution in [0.4, 0.5) is 5.69 Å². The summed E-state index contributed by atoms with van der Waals surface area (Å²) >= 11 is 0. The van der Waals surface area contributed by atoms with Crippen molar-refractivity contribution in [1.82, 2.24) is 0 Å². The molecule has 0 atom stereocenters. The van der Waals surface area contributed by atoms with Crippen LogP contribution in [0, 0.1) is 0 Å². The van der Waals surface area contributed by atoms with Gasteiger partial charge in [-0.1, -0.05) is 24.3 Å². The lowest BCUT2D eigenvalue weighted by molar-refractivity contribution is 0.931. The first-order valence-corrected chi connectivity index (χ1v) is 4.70. The molecule has 1 aromatic carbocycles. The van der Waals surface area contributed by atoms with E-state index in [-0.39, 0.29) is 0 Å². The van der Waals surface area contributed by atoms with Crippen LogP contribution in [0.5, 0.6) is 0 Å². The van der Waals surface area contributed by atoms with E-state index in [0.717, 1.165) is 6.67 Å².